The van der Waals surface area contributed by atoms with E-state index in [9.17, 15) is 9.59 Å². The van der Waals surface area contributed by atoms with E-state index in [0.29, 0.717) is 11.8 Å². The van der Waals surface area contributed by atoms with Gasteiger partial charge in [-0.1, -0.05) is 0 Å². The van der Waals surface area contributed by atoms with Crippen molar-refractivity contribution in [3.05, 3.63) is 0 Å². The zero-order valence-electron chi connectivity index (χ0n) is 8.35. The third-order valence-electron chi connectivity index (χ3n) is 3.41. The molecule has 2 fully saturated rings. The minimum atomic E-state index is -1.19. The van der Waals surface area contributed by atoms with E-state index < -0.39 is 18.6 Å². The Kier molecular flexibility index (Phi) is 2.65. The van der Waals surface area contributed by atoms with Gasteiger partial charge in [0.2, 0.25) is 5.91 Å². The molecule has 0 radical (unpaired) electrons. The second-order valence-corrected chi connectivity index (χ2v) is 4.51. The quantitative estimate of drug-likeness (QED) is 0.592. The van der Waals surface area contributed by atoms with E-state index in [4.69, 9.17) is 10.2 Å². The SMILES string of the molecule is O=C(N[C@@H](CO)C(=O)O)C1CC2CC2C1. The average molecular weight is 213 g/mol. The summed E-state index contributed by atoms with van der Waals surface area (Å²) in [5.41, 5.74) is 0. The standard InChI is InChI=1S/C10H15NO4/c12-4-8(10(14)15)11-9(13)7-2-5-1-6(5)3-7/h5-8,12H,1-4H2,(H,11,13)(H,14,15)/t5?,6?,7?,8-/m0/s1. The normalized spacial score (nSPS) is 34.3. The highest BCUT2D eigenvalue weighted by molar-refractivity contribution is 5.85. The highest BCUT2D eigenvalue weighted by Gasteiger charge is 2.48. The minimum absolute atomic E-state index is 0.0397. The van der Waals surface area contributed by atoms with Crippen molar-refractivity contribution < 1.29 is 19.8 Å². The molecule has 5 nitrogen and oxygen atoms in total. The lowest BCUT2D eigenvalue weighted by molar-refractivity contribution is -0.143. The Balaban J connectivity index is 1.83. The minimum Gasteiger partial charge on any atom is -0.480 e. The largest absolute Gasteiger partial charge is 0.480 e. The van der Waals surface area contributed by atoms with Gasteiger partial charge < -0.3 is 15.5 Å². The lowest BCUT2D eigenvalue weighted by Gasteiger charge is -2.16. The first-order valence-electron chi connectivity index (χ1n) is 5.26. The number of rotatable bonds is 4. The second kappa shape index (κ2) is 3.81. The molecule has 0 aliphatic heterocycles. The third kappa shape index (κ3) is 2.12. The summed E-state index contributed by atoms with van der Waals surface area (Å²) < 4.78 is 0. The molecule has 0 spiro atoms. The summed E-state index contributed by atoms with van der Waals surface area (Å²) in [7, 11) is 0. The first-order chi connectivity index (χ1) is 7.11. The molecule has 2 rings (SSSR count). The molecular formula is C10H15NO4. The fraction of sp³-hybridized carbons (Fsp3) is 0.800. The summed E-state index contributed by atoms with van der Waals surface area (Å²) >= 11 is 0. The molecule has 5 heteroatoms. The number of carbonyl (C=O) groups is 2. The van der Waals surface area contributed by atoms with Crippen LogP contribution in [0.1, 0.15) is 19.3 Å². The molecular weight excluding hydrogens is 198 g/mol. The zero-order chi connectivity index (χ0) is 11.0. The van der Waals surface area contributed by atoms with Gasteiger partial charge in [0.25, 0.3) is 0 Å². The maximum Gasteiger partial charge on any atom is 0.328 e. The fourth-order valence-electron chi connectivity index (χ4n) is 2.40. The summed E-state index contributed by atoms with van der Waals surface area (Å²) in [5, 5.41) is 19.8. The van der Waals surface area contributed by atoms with Crippen molar-refractivity contribution in [1.29, 1.82) is 0 Å². The van der Waals surface area contributed by atoms with Gasteiger partial charge >= 0.3 is 5.97 Å². The summed E-state index contributed by atoms with van der Waals surface area (Å²) in [6, 6.07) is -1.16. The highest BCUT2D eigenvalue weighted by Crippen LogP contribution is 2.54. The van der Waals surface area contributed by atoms with E-state index in [1.54, 1.807) is 0 Å². The predicted molar refractivity (Wildman–Crippen MR) is 51.0 cm³/mol. The molecule has 0 saturated heterocycles. The molecule has 0 aromatic rings. The summed E-state index contributed by atoms with van der Waals surface area (Å²) in [4.78, 5) is 22.2. The van der Waals surface area contributed by atoms with Crippen molar-refractivity contribution in [2.75, 3.05) is 6.61 Å². The van der Waals surface area contributed by atoms with Crippen LogP contribution >= 0.6 is 0 Å². The van der Waals surface area contributed by atoms with Crippen molar-refractivity contribution >= 4 is 11.9 Å². The van der Waals surface area contributed by atoms with Crippen LogP contribution in [0, 0.1) is 17.8 Å². The molecule has 3 N–H and O–H groups in total. The van der Waals surface area contributed by atoms with Gasteiger partial charge in [0.15, 0.2) is 0 Å². The molecule has 2 aliphatic rings. The van der Waals surface area contributed by atoms with Gasteiger partial charge in [-0.3, -0.25) is 4.79 Å². The Morgan fingerprint density at radius 2 is 1.87 bits per heavy atom. The molecule has 84 valence electrons. The Morgan fingerprint density at radius 3 is 2.33 bits per heavy atom. The van der Waals surface area contributed by atoms with Crippen molar-refractivity contribution in [3.63, 3.8) is 0 Å². The summed E-state index contributed by atoms with van der Waals surface area (Å²) in [5.74, 6) is -0.0592. The van der Waals surface area contributed by atoms with Gasteiger partial charge in [-0.2, -0.15) is 0 Å². The number of aliphatic hydroxyl groups excluding tert-OH is 1. The number of aliphatic hydroxyl groups is 1. The summed E-state index contributed by atoms with van der Waals surface area (Å²) in [6.07, 6.45) is 2.99. The van der Waals surface area contributed by atoms with Gasteiger partial charge in [-0.15, -0.1) is 0 Å². The van der Waals surface area contributed by atoms with E-state index in [1.165, 1.54) is 6.42 Å². The van der Waals surface area contributed by atoms with E-state index in [1.807, 2.05) is 0 Å². The monoisotopic (exact) mass is 213 g/mol. The lowest BCUT2D eigenvalue weighted by atomic mass is 10.0. The molecule has 0 aromatic heterocycles. The van der Waals surface area contributed by atoms with Gasteiger partial charge in [0.05, 0.1) is 6.61 Å². The molecule has 0 aromatic carbocycles. The van der Waals surface area contributed by atoms with Crippen LogP contribution in [0.4, 0.5) is 0 Å². The van der Waals surface area contributed by atoms with Crippen molar-refractivity contribution in [2.45, 2.75) is 25.3 Å². The molecule has 2 unspecified atom stereocenters. The predicted octanol–water partition coefficient (Wildman–Crippen LogP) is -0.406. The second-order valence-electron chi connectivity index (χ2n) is 4.51. The van der Waals surface area contributed by atoms with Gasteiger partial charge in [0, 0.05) is 5.92 Å². The van der Waals surface area contributed by atoms with E-state index in [-0.39, 0.29) is 11.8 Å². The highest BCUT2D eigenvalue weighted by atomic mass is 16.4. The van der Waals surface area contributed by atoms with Gasteiger partial charge in [0.1, 0.15) is 6.04 Å². The number of hydrogen-bond donors (Lipinski definition) is 3. The fourth-order valence-corrected chi connectivity index (χ4v) is 2.40. The first kappa shape index (κ1) is 10.4. The number of carboxylic acid groups (broad SMARTS) is 1. The average Bonchev–Trinajstić information content (AvgIpc) is 2.81. The zero-order valence-corrected chi connectivity index (χ0v) is 8.35. The molecule has 0 heterocycles. The van der Waals surface area contributed by atoms with Crippen LogP contribution in [-0.4, -0.2) is 34.7 Å². The maximum absolute atomic E-state index is 11.6. The smallest absolute Gasteiger partial charge is 0.328 e. The molecule has 0 bridgehead atoms. The Hall–Kier alpha value is -1.10. The van der Waals surface area contributed by atoms with E-state index in [0.717, 1.165) is 12.8 Å². The van der Waals surface area contributed by atoms with Crippen LogP contribution in [0.15, 0.2) is 0 Å². The van der Waals surface area contributed by atoms with Crippen LogP contribution in [0.25, 0.3) is 0 Å². The van der Waals surface area contributed by atoms with Crippen LogP contribution in [0.2, 0.25) is 0 Å². The molecule has 1 amide bonds. The van der Waals surface area contributed by atoms with Gasteiger partial charge in [-0.05, 0) is 31.1 Å². The van der Waals surface area contributed by atoms with Crippen molar-refractivity contribution in [1.82, 2.24) is 5.32 Å². The lowest BCUT2D eigenvalue weighted by Crippen LogP contribution is -2.45. The van der Waals surface area contributed by atoms with Crippen LogP contribution in [-0.2, 0) is 9.59 Å². The maximum atomic E-state index is 11.6. The number of hydrogen-bond acceptors (Lipinski definition) is 3. The molecule has 3 atom stereocenters. The third-order valence-corrected chi connectivity index (χ3v) is 3.41. The van der Waals surface area contributed by atoms with Crippen LogP contribution < -0.4 is 5.32 Å². The van der Waals surface area contributed by atoms with Crippen molar-refractivity contribution in [3.8, 4) is 0 Å². The van der Waals surface area contributed by atoms with E-state index >= 15 is 0 Å². The number of fused-ring (bicyclic) bond motifs is 1. The number of aliphatic carboxylic acids is 1. The first-order valence-corrected chi connectivity index (χ1v) is 5.26. The topological polar surface area (TPSA) is 86.6 Å². The Morgan fingerprint density at radius 1 is 1.27 bits per heavy atom. The van der Waals surface area contributed by atoms with Crippen molar-refractivity contribution in [2.24, 2.45) is 17.8 Å². The Labute approximate surface area is 87.5 Å². The summed E-state index contributed by atoms with van der Waals surface area (Å²) in [6.45, 7) is -0.555. The number of amides is 1. The molecule has 2 aliphatic carbocycles. The number of carbonyl (C=O) groups excluding carboxylic acids is 1. The molecule has 2 saturated carbocycles. The molecule has 15 heavy (non-hydrogen) atoms. The van der Waals surface area contributed by atoms with Gasteiger partial charge in [-0.25, -0.2) is 4.79 Å². The van der Waals surface area contributed by atoms with Crippen LogP contribution in [0.5, 0.6) is 0 Å². The van der Waals surface area contributed by atoms with E-state index in [2.05, 4.69) is 5.32 Å². The Bertz CT molecular complexity index is 281. The van der Waals surface area contributed by atoms with Crippen LogP contribution in [0.3, 0.4) is 0 Å². The number of nitrogens with one attached hydrogen (secondary N) is 1. The number of carboxylic acids is 1.